The van der Waals surface area contributed by atoms with Crippen molar-refractivity contribution in [1.29, 1.82) is 0 Å². The van der Waals surface area contributed by atoms with E-state index in [-0.39, 0.29) is 6.10 Å². The molecule has 2 N–H and O–H groups in total. The molecule has 1 aromatic rings. The average Bonchev–Trinajstić information content (AvgIpc) is 2.47. The predicted molar refractivity (Wildman–Crippen MR) is 80.4 cm³/mol. The summed E-state index contributed by atoms with van der Waals surface area (Å²) in [7, 11) is 1.59. The summed E-state index contributed by atoms with van der Waals surface area (Å²) in [6, 6.07) is 3.79. The van der Waals surface area contributed by atoms with Gasteiger partial charge in [-0.25, -0.2) is 4.98 Å². The Morgan fingerprint density at radius 3 is 2.86 bits per heavy atom. The van der Waals surface area contributed by atoms with E-state index in [1.165, 1.54) is 0 Å². The van der Waals surface area contributed by atoms with Crippen molar-refractivity contribution < 1.29 is 19.3 Å². The Balaban J connectivity index is 2.11. The first-order chi connectivity index (χ1) is 10.1. The lowest BCUT2D eigenvalue weighted by molar-refractivity contribution is -0.0100. The number of rotatable bonds is 11. The fourth-order valence-corrected chi connectivity index (χ4v) is 1.74. The molecule has 0 aliphatic heterocycles. The van der Waals surface area contributed by atoms with Gasteiger partial charge in [0, 0.05) is 24.8 Å². The number of aliphatic hydroxyl groups is 1. The van der Waals surface area contributed by atoms with E-state index >= 15 is 0 Å². The molecule has 0 radical (unpaired) electrons. The SMILES string of the molecule is COc1ncccc1CNCC(O)COCCOC(C)C. The molecular weight excluding hydrogens is 272 g/mol. The molecule has 0 saturated heterocycles. The van der Waals surface area contributed by atoms with E-state index in [9.17, 15) is 5.11 Å². The Kier molecular flexibility index (Phi) is 8.93. The van der Waals surface area contributed by atoms with Gasteiger partial charge in [-0.15, -0.1) is 0 Å². The van der Waals surface area contributed by atoms with E-state index in [0.29, 0.717) is 38.8 Å². The number of aromatic nitrogens is 1. The third-order valence-corrected chi connectivity index (χ3v) is 2.73. The summed E-state index contributed by atoms with van der Waals surface area (Å²) in [6.07, 6.45) is 1.34. The molecule has 0 bridgehead atoms. The summed E-state index contributed by atoms with van der Waals surface area (Å²) in [5, 5.41) is 12.9. The minimum Gasteiger partial charge on any atom is -0.481 e. The highest BCUT2D eigenvalue weighted by Crippen LogP contribution is 2.12. The molecule has 0 aliphatic rings. The van der Waals surface area contributed by atoms with Gasteiger partial charge in [-0.2, -0.15) is 0 Å². The molecule has 120 valence electrons. The molecule has 0 aliphatic carbocycles. The summed E-state index contributed by atoms with van der Waals surface area (Å²) in [5.74, 6) is 0.599. The maximum atomic E-state index is 9.79. The van der Waals surface area contributed by atoms with Crippen LogP contribution in [0.5, 0.6) is 5.88 Å². The largest absolute Gasteiger partial charge is 0.481 e. The molecule has 21 heavy (non-hydrogen) atoms. The molecule has 0 fully saturated rings. The molecule has 1 aromatic heterocycles. The monoisotopic (exact) mass is 298 g/mol. The summed E-state index contributed by atoms with van der Waals surface area (Å²) in [4.78, 5) is 4.12. The van der Waals surface area contributed by atoms with Gasteiger partial charge in [-0.1, -0.05) is 6.07 Å². The van der Waals surface area contributed by atoms with Crippen LogP contribution in [0, 0.1) is 0 Å². The molecule has 6 nitrogen and oxygen atoms in total. The number of hydrogen-bond acceptors (Lipinski definition) is 6. The van der Waals surface area contributed by atoms with Gasteiger partial charge in [0.05, 0.1) is 39.1 Å². The second-order valence-corrected chi connectivity index (χ2v) is 4.95. The van der Waals surface area contributed by atoms with E-state index in [4.69, 9.17) is 14.2 Å². The zero-order chi connectivity index (χ0) is 15.5. The van der Waals surface area contributed by atoms with Crippen molar-refractivity contribution in [1.82, 2.24) is 10.3 Å². The van der Waals surface area contributed by atoms with Gasteiger partial charge in [0.1, 0.15) is 0 Å². The van der Waals surface area contributed by atoms with Crippen LogP contribution < -0.4 is 10.1 Å². The molecule has 6 heteroatoms. The number of hydrogen-bond donors (Lipinski definition) is 2. The summed E-state index contributed by atoms with van der Waals surface area (Å²) >= 11 is 0. The van der Waals surface area contributed by atoms with Gasteiger partial charge in [-0.3, -0.25) is 0 Å². The molecule has 1 atom stereocenters. The number of nitrogens with zero attached hydrogens (tertiary/aromatic N) is 1. The van der Waals surface area contributed by atoms with E-state index < -0.39 is 6.10 Å². The maximum Gasteiger partial charge on any atom is 0.217 e. The second-order valence-electron chi connectivity index (χ2n) is 4.95. The lowest BCUT2D eigenvalue weighted by Crippen LogP contribution is -2.30. The van der Waals surface area contributed by atoms with Crippen LogP contribution in [0.15, 0.2) is 18.3 Å². The van der Waals surface area contributed by atoms with Crippen LogP contribution in [0.25, 0.3) is 0 Å². The molecule has 0 amide bonds. The highest BCUT2D eigenvalue weighted by atomic mass is 16.5. The van der Waals surface area contributed by atoms with Gasteiger partial charge >= 0.3 is 0 Å². The van der Waals surface area contributed by atoms with E-state index in [1.54, 1.807) is 13.3 Å². The van der Waals surface area contributed by atoms with Crippen LogP contribution >= 0.6 is 0 Å². The van der Waals surface area contributed by atoms with Crippen molar-refractivity contribution in [3.8, 4) is 5.88 Å². The molecule has 1 rings (SSSR count). The molecule has 1 heterocycles. The Hall–Kier alpha value is -1.21. The molecular formula is C15H26N2O4. The van der Waals surface area contributed by atoms with Gasteiger partial charge in [-0.05, 0) is 19.9 Å². The topological polar surface area (TPSA) is 72.8 Å². The Morgan fingerprint density at radius 1 is 1.33 bits per heavy atom. The van der Waals surface area contributed by atoms with Crippen LogP contribution in [0.1, 0.15) is 19.4 Å². The Bertz CT molecular complexity index is 388. The number of ether oxygens (including phenoxy) is 3. The first-order valence-corrected chi connectivity index (χ1v) is 7.19. The van der Waals surface area contributed by atoms with Crippen molar-refractivity contribution in [2.45, 2.75) is 32.6 Å². The molecule has 0 saturated carbocycles. The van der Waals surface area contributed by atoms with Crippen molar-refractivity contribution in [2.24, 2.45) is 0 Å². The Labute approximate surface area is 126 Å². The normalized spacial score (nSPS) is 12.6. The Morgan fingerprint density at radius 2 is 2.14 bits per heavy atom. The first kappa shape index (κ1) is 17.8. The fraction of sp³-hybridized carbons (Fsp3) is 0.667. The van der Waals surface area contributed by atoms with Crippen LogP contribution in [-0.2, 0) is 16.0 Å². The smallest absolute Gasteiger partial charge is 0.217 e. The first-order valence-electron chi connectivity index (χ1n) is 7.19. The lowest BCUT2D eigenvalue weighted by atomic mass is 10.2. The predicted octanol–water partition coefficient (Wildman–Crippen LogP) is 0.982. The van der Waals surface area contributed by atoms with E-state index in [2.05, 4.69) is 10.3 Å². The highest BCUT2D eigenvalue weighted by Gasteiger charge is 2.06. The summed E-state index contributed by atoms with van der Waals surface area (Å²) < 4.78 is 15.8. The van der Waals surface area contributed by atoms with Gasteiger partial charge in [0.2, 0.25) is 5.88 Å². The standard InChI is InChI=1S/C15H26N2O4/c1-12(2)21-8-7-20-11-14(18)10-16-9-13-5-4-6-17-15(13)19-3/h4-6,12,14,16,18H,7-11H2,1-3H3. The summed E-state index contributed by atoms with van der Waals surface area (Å²) in [6.45, 7) is 6.32. The van der Waals surface area contributed by atoms with Gasteiger partial charge in [0.15, 0.2) is 0 Å². The average molecular weight is 298 g/mol. The minimum absolute atomic E-state index is 0.203. The number of methoxy groups -OCH3 is 1. The van der Waals surface area contributed by atoms with E-state index in [1.807, 2.05) is 26.0 Å². The third kappa shape index (κ3) is 7.96. The van der Waals surface area contributed by atoms with E-state index in [0.717, 1.165) is 5.56 Å². The van der Waals surface area contributed by atoms with Gasteiger partial charge in [0.25, 0.3) is 0 Å². The quantitative estimate of drug-likeness (QED) is 0.593. The summed E-state index contributed by atoms with van der Waals surface area (Å²) in [5.41, 5.74) is 0.957. The molecule has 0 aromatic carbocycles. The van der Waals surface area contributed by atoms with Gasteiger partial charge < -0.3 is 24.6 Å². The zero-order valence-corrected chi connectivity index (χ0v) is 13.0. The zero-order valence-electron chi connectivity index (χ0n) is 13.0. The minimum atomic E-state index is -0.549. The van der Waals surface area contributed by atoms with Crippen molar-refractivity contribution in [3.63, 3.8) is 0 Å². The number of pyridine rings is 1. The van der Waals surface area contributed by atoms with Crippen molar-refractivity contribution >= 4 is 0 Å². The van der Waals surface area contributed by atoms with Crippen LogP contribution in [0.2, 0.25) is 0 Å². The lowest BCUT2D eigenvalue weighted by Gasteiger charge is -2.14. The third-order valence-electron chi connectivity index (χ3n) is 2.73. The molecule has 1 unspecified atom stereocenters. The van der Waals surface area contributed by atoms with Crippen molar-refractivity contribution in [2.75, 3.05) is 33.5 Å². The number of nitrogens with one attached hydrogen (secondary N) is 1. The number of aliphatic hydroxyl groups excluding tert-OH is 1. The van der Waals surface area contributed by atoms with Crippen LogP contribution in [0.3, 0.4) is 0 Å². The van der Waals surface area contributed by atoms with Crippen LogP contribution in [-0.4, -0.2) is 55.8 Å². The highest BCUT2D eigenvalue weighted by molar-refractivity contribution is 5.24. The molecule has 0 spiro atoms. The fourth-order valence-electron chi connectivity index (χ4n) is 1.74. The second kappa shape index (κ2) is 10.5. The maximum absolute atomic E-state index is 9.79. The van der Waals surface area contributed by atoms with Crippen molar-refractivity contribution in [3.05, 3.63) is 23.9 Å². The van der Waals surface area contributed by atoms with Crippen LogP contribution in [0.4, 0.5) is 0 Å².